The van der Waals surface area contributed by atoms with E-state index in [0.717, 1.165) is 29.4 Å². The molecule has 0 radical (unpaired) electrons. The molecular weight excluding hydrogens is 298 g/mol. The van der Waals surface area contributed by atoms with Crippen molar-refractivity contribution in [2.75, 3.05) is 30.0 Å². The van der Waals surface area contributed by atoms with E-state index in [1.807, 2.05) is 6.26 Å². The summed E-state index contributed by atoms with van der Waals surface area (Å²) in [5.74, 6) is 0.565. The minimum absolute atomic E-state index is 0.565. The van der Waals surface area contributed by atoms with Gasteiger partial charge in [0, 0.05) is 19.0 Å². The van der Waals surface area contributed by atoms with Gasteiger partial charge in [-0.25, -0.2) is 0 Å². The summed E-state index contributed by atoms with van der Waals surface area (Å²) in [4.78, 5) is 4.08. The Morgan fingerprint density at radius 3 is 2.81 bits per heavy atom. The van der Waals surface area contributed by atoms with Crippen LogP contribution in [-0.2, 0) is 0 Å². The summed E-state index contributed by atoms with van der Waals surface area (Å²) in [6, 6.07) is 12.9. The average Bonchev–Trinajstić information content (AvgIpc) is 3.12. The molecule has 1 atom stereocenters. The van der Waals surface area contributed by atoms with Crippen LogP contribution in [0.2, 0.25) is 0 Å². The first-order chi connectivity index (χ1) is 10.2. The van der Waals surface area contributed by atoms with E-state index in [1.54, 1.807) is 11.8 Å². The highest BCUT2D eigenvalue weighted by Crippen LogP contribution is 2.45. The van der Waals surface area contributed by atoms with Crippen LogP contribution in [0.5, 0.6) is 0 Å². The predicted molar refractivity (Wildman–Crippen MR) is 91.2 cm³/mol. The van der Waals surface area contributed by atoms with Gasteiger partial charge in [0.25, 0.3) is 0 Å². The zero-order valence-corrected chi connectivity index (χ0v) is 13.5. The van der Waals surface area contributed by atoms with Gasteiger partial charge in [-0.3, -0.25) is 0 Å². The van der Waals surface area contributed by atoms with Crippen LogP contribution in [-0.4, -0.2) is 19.3 Å². The van der Waals surface area contributed by atoms with Gasteiger partial charge >= 0.3 is 0 Å². The van der Waals surface area contributed by atoms with Crippen molar-refractivity contribution in [2.45, 2.75) is 17.2 Å². The molecule has 1 aromatic carbocycles. The van der Waals surface area contributed by atoms with E-state index in [-0.39, 0.29) is 0 Å². The van der Waals surface area contributed by atoms with Gasteiger partial charge in [-0.05, 0) is 18.2 Å². The molecule has 108 valence electrons. The Kier molecular flexibility index (Phi) is 4.09. The largest absolute Gasteiger partial charge is 0.396 e. The molecule has 0 spiro atoms. The van der Waals surface area contributed by atoms with Crippen LogP contribution in [0, 0.1) is 11.3 Å². The highest BCUT2D eigenvalue weighted by molar-refractivity contribution is 7.99. The van der Waals surface area contributed by atoms with E-state index >= 15 is 0 Å². The monoisotopic (exact) mass is 315 g/mol. The Labute approximate surface area is 133 Å². The van der Waals surface area contributed by atoms with E-state index in [4.69, 9.17) is 5.73 Å². The lowest BCUT2D eigenvalue weighted by Gasteiger charge is -2.18. The molecule has 2 N–H and O–H groups in total. The zero-order valence-electron chi connectivity index (χ0n) is 11.9. The van der Waals surface area contributed by atoms with E-state index in [0.29, 0.717) is 16.5 Å². The number of nitriles is 1. The number of thioether (sulfide) groups is 1. The van der Waals surface area contributed by atoms with Crippen LogP contribution in [0.15, 0.2) is 35.2 Å². The molecule has 1 unspecified atom stereocenters. The molecule has 21 heavy (non-hydrogen) atoms. The van der Waals surface area contributed by atoms with E-state index in [2.05, 4.69) is 41.3 Å². The number of nitrogens with zero attached hydrogens (tertiary/aromatic N) is 2. The topological polar surface area (TPSA) is 53.0 Å². The molecule has 1 aliphatic heterocycles. The highest BCUT2D eigenvalue weighted by Gasteiger charge is 2.28. The third-order valence-corrected chi connectivity index (χ3v) is 6.06. The Hall–Kier alpha value is -1.64. The SMILES string of the molecule is CSc1c(N2CCC(c3ccccc3)C2)sc(C#N)c1N. The Balaban J connectivity index is 1.85. The Morgan fingerprint density at radius 1 is 1.38 bits per heavy atom. The molecule has 1 saturated heterocycles. The lowest BCUT2D eigenvalue weighted by atomic mass is 9.99. The van der Waals surface area contributed by atoms with Crippen LogP contribution >= 0.6 is 23.1 Å². The standard InChI is InChI=1S/C16H17N3S2/c1-20-15-14(18)13(9-17)21-16(15)19-8-7-12(10-19)11-5-3-2-4-6-11/h2-6,12H,7-8,10,18H2,1H3. The number of nitrogens with two attached hydrogens (primary N) is 1. The molecule has 5 heteroatoms. The minimum atomic E-state index is 0.565. The Morgan fingerprint density at radius 2 is 2.14 bits per heavy atom. The van der Waals surface area contributed by atoms with Crippen molar-refractivity contribution < 1.29 is 0 Å². The summed E-state index contributed by atoms with van der Waals surface area (Å²) < 4.78 is 0. The van der Waals surface area contributed by atoms with Crippen molar-refractivity contribution >= 4 is 33.8 Å². The van der Waals surface area contributed by atoms with Crippen LogP contribution in [0.1, 0.15) is 22.8 Å². The lowest BCUT2D eigenvalue weighted by Crippen LogP contribution is -2.18. The highest BCUT2D eigenvalue weighted by atomic mass is 32.2. The number of hydrogen-bond donors (Lipinski definition) is 1. The van der Waals surface area contributed by atoms with Crippen molar-refractivity contribution in [3.8, 4) is 6.07 Å². The maximum absolute atomic E-state index is 9.18. The molecule has 0 bridgehead atoms. The van der Waals surface area contributed by atoms with E-state index in [9.17, 15) is 5.26 Å². The second-order valence-electron chi connectivity index (χ2n) is 5.14. The van der Waals surface area contributed by atoms with E-state index < -0.39 is 0 Å². The number of benzene rings is 1. The number of thiophene rings is 1. The maximum Gasteiger partial charge on any atom is 0.131 e. The number of hydrogen-bond acceptors (Lipinski definition) is 5. The second-order valence-corrected chi connectivity index (χ2v) is 6.95. The smallest absolute Gasteiger partial charge is 0.131 e. The predicted octanol–water partition coefficient (Wildman–Crippen LogP) is 3.92. The minimum Gasteiger partial charge on any atom is -0.396 e. The second kappa shape index (κ2) is 6.00. The summed E-state index contributed by atoms with van der Waals surface area (Å²) >= 11 is 3.16. The first kappa shape index (κ1) is 14.3. The zero-order chi connectivity index (χ0) is 14.8. The van der Waals surface area contributed by atoms with Crippen molar-refractivity contribution in [1.29, 1.82) is 5.26 Å². The fraction of sp³-hybridized carbons (Fsp3) is 0.312. The van der Waals surface area contributed by atoms with Gasteiger partial charge in [0.15, 0.2) is 0 Å². The van der Waals surface area contributed by atoms with Crippen molar-refractivity contribution in [2.24, 2.45) is 0 Å². The molecule has 3 nitrogen and oxygen atoms in total. The summed E-state index contributed by atoms with van der Waals surface area (Å²) in [7, 11) is 0. The third-order valence-electron chi connectivity index (χ3n) is 3.93. The van der Waals surface area contributed by atoms with Crippen molar-refractivity contribution in [3.05, 3.63) is 40.8 Å². The maximum atomic E-state index is 9.18. The molecule has 0 aliphatic carbocycles. The third kappa shape index (κ3) is 2.61. The van der Waals surface area contributed by atoms with Gasteiger partial charge in [0.2, 0.25) is 0 Å². The molecule has 2 heterocycles. The van der Waals surface area contributed by atoms with Gasteiger partial charge < -0.3 is 10.6 Å². The lowest BCUT2D eigenvalue weighted by molar-refractivity contribution is 0.775. The first-order valence-corrected chi connectivity index (χ1v) is 8.95. The number of rotatable bonds is 3. The summed E-state index contributed by atoms with van der Waals surface area (Å²) in [5, 5.41) is 10.3. The fourth-order valence-corrected chi connectivity index (χ4v) is 4.86. The fourth-order valence-electron chi connectivity index (χ4n) is 2.85. The molecule has 0 saturated carbocycles. The van der Waals surface area contributed by atoms with Crippen LogP contribution in [0.4, 0.5) is 10.7 Å². The van der Waals surface area contributed by atoms with Gasteiger partial charge in [0.1, 0.15) is 15.9 Å². The number of nitrogen functional groups attached to an aromatic ring is 1. The van der Waals surface area contributed by atoms with Crippen LogP contribution in [0.25, 0.3) is 0 Å². The molecule has 2 aromatic rings. The molecular formula is C16H17N3S2. The molecule has 1 fully saturated rings. The summed E-state index contributed by atoms with van der Waals surface area (Å²) in [5.41, 5.74) is 8.12. The normalized spacial score (nSPS) is 17.9. The van der Waals surface area contributed by atoms with Crippen molar-refractivity contribution in [1.82, 2.24) is 0 Å². The van der Waals surface area contributed by atoms with Crippen LogP contribution < -0.4 is 10.6 Å². The number of anilines is 2. The molecule has 0 amide bonds. The Bertz CT molecular complexity index is 673. The quantitative estimate of drug-likeness (QED) is 0.872. The van der Waals surface area contributed by atoms with Gasteiger partial charge in [-0.2, -0.15) is 5.26 Å². The first-order valence-electron chi connectivity index (χ1n) is 6.90. The molecule has 3 rings (SSSR count). The van der Waals surface area contributed by atoms with Crippen LogP contribution in [0.3, 0.4) is 0 Å². The molecule has 1 aromatic heterocycles. The van der Waals surface area contributed by atoms with Gasteiger partial charge in [-0.1, -0.05) is 30.3 Å². The average molecular weight is 315 g/mol. The van der Waals surface area contributed by atoms with E-state index in [1.165, 1.54) is 16.9 Å². The van der Waals surface area contributed by atoms with Gasteiger partial charge in [-0.15, -0.1) is 23.1 Å². The van der Waals surface area contributed by atoms with Gasteiger partial charge in [0.05, 0.1) is 10.6 Å². The summed E-state index contributed by atoms with van der Waals surface area (Å²) in [6.45, 7) is 2.03. The van der Waals surface area contributed by atoms with Crippen molar-refractivity contribution in [3.63, 3.8) is 0 Å². The molecule has 1 aliphatic rings. The summed E-state index contributed by atoms with van der Waals surface area (Å²) in [6.07, 6.45) is 3.17.